The van der Waals surface area contributed by atoms with E-state index in [1.165, 1.54) is 5.56 Å². The summed E-state index contributed by atoms with van der Waals surface area (Å²) in [5, 5.41) is 0. The number of halogens is 2. The Morgan fingerprint density at radius 1 is 1.05 bits per heavy atom. The van der Waals surface area contributed by atoms with Gasteiger partial charge in [-0.2, -0.15) is 0 Å². The van der Waals surface area contributed by atoms with Gasteiger partial charge in [0.1, 0.15) is 11.6 Å². The third-order valence-electron chi connectivity index (χ3n) is 3.05. The molecule has 2 aromatic carbocycles. The molecule has 0 saturated carbocycles. The molecule has 0 spiro atoms. The summed E-state index contributed by atoms with van der Waals surface area (Å²) in [6, 6.07) is 10.4. The predicted molar refractivity (Wildman–Crippen MR) is 80.9 cm³/mol. The van der Waals surface area contributed by atoms with E-state index in [9.17, 15) is 8.78 Å². The van der Waals surface area contributed by atoms with Crippen LogP contribution >= 0.6 is 11.8 Å². The lowest BCUT2D eigenvalue weighted by atomic mass is 10.0. The molecule has 0 fully saturated rings. The Labute approximate surface area is 122 Å². The Morgan fingerprint density at radius 3 is 2.10 bits per heavy atom. The quantitative estimate of drug-likeness (QED) is 0.636. The van der Waals surface area contributed by atoms with Crippen LogP contribution in [-0.2, 0) is 5.75 Å². The van der Waals surface area contributed by atoms with Gasteiger partial charge in [0.2, 0.25) is 0 Å². The van der Waals surface area contributed by atoms with E-state index in [4.69, 9.17) is 5.73 Å². The number of hydrogen-bond acceptors (Lipinski definition) is 2. The van der Waals surface area contributed by atoms with Crippen molar-refractivity contribution in [2.75, 3.05) is 5.73 Å². The van der Waals surface area contributed by atoms with Crippen LogP contribution in [0.1, 0.15) is 30.9 Å². The Hall–Kier alpha value is -1.55. The van der Waals surface area contributed by atoms with Gasteiger partial charge in [-0.1, -0.05) is 38.1 Å². The van der Waals surface area contributed by atoms with E-state index in [0.29, 0.717) is 11.7 Å². The first-order chi connectivity index (χ1) is 9.47. The minimum atomic E-state index is -0.605. The van der Waals surface area contributed by atoms with Crippen LogP contribution in [0.15, 0.2) is 41.3 Å². The van der Waals surface area contributed by atoms with Gasteiger partial charge in [0.05, 0.1) is 4.90 Å². The van der Waals surface area contributed by atoms with Gasteiger partial charge in [0.25, 0.3) is 0 Å². The predicted octanol–water partition coefficient (Wildman–Crippen LogP) is 4.96. The molecule has 0 heterocycles. The van der Waals surface area contributed by atoms with Crippen molar-refractivity contribution in [1.29, 1.82) is 0 Å². The van der Waals surface area contributed by atoms with Gasteiger partial charge in [0.15, 0.2) is 0 Å². The molecular weight excluding hydrogens is 276 g/mol. The number of anilines is 1. The van der Waals surface area contributed by atoms with Crippen LogP contribution in [0.4, 0.5) is 14.5 Å². The zero-order valence-electron chi connectivity index (χ0n) is 11.5. The minimum Gasteiger partial charge on any atom is -0.399 e. The van der Waals surface area contributed by atoms with Crippen LogP contribution in [0.3, 0.4) is 0 Å². The second kappa shape index (κ2) is 6.27. The maximum Gasteiger partial charge on any atom is 0.141 e. The lowest BCUT2D eigenvalue weighted by Crippen LogP contribution is -1.94. The molecule has 0 radical (unpaired) electrons. The van der Waals surface area contributed by atoms with Gasteiger partial charge in [-0.25, -0.2) is 8.78 Å². The van der Waals surface area contributed by atoms with Crippen LogP contribution in [0, 0.1) is 11.6 Å². The highest BCUT2D eigenvalue weighted by Crippen LogP contribution is 2.30. The van der Waals surface area contributed by atoms with Gasteiger partial charge in [-0.05, 0) is 29.2 Å². The molecule has 0 amide bonds. The minimum absolute atomic E-state index is 0.0205. The Balaban J connectivity index is 2.09. The van der Waals surface area contributed by atoms with E-state index in [-0.39, 0.29) is 10.6 Å². The molecule has 0 bridgehead atoms. The summed E-state index contributed by atoms with van der Waals surface area (Å²) in [5.41, 5.74) is 7.78. The average Bonchev–Trinajstić information content (AvgIpc) is 2.38. The van der Waals surface area contributed by atoms with Gasteiger partial charge < -0.3 is 5.73 Å². The van der Waals surface area contributed by atoms with E-state index < -0.39 is 11.6 Å². The first-order valence-electron chi connectivity index (χ1n) is 6.43. The molecule has 2 aromatic rings. The highest BCUT2D eigenvalue weighted by atomic mass is 32.2. The van der Waals surface area contributed by atoms with Crippen molar-refractivity contribution >= 4 is 17.4 Å². The maximum absolute atomic E-state index is 13.6. The summed E-state index contributed by atoms with van der Waals surface area (Å²) in [4.78, 5) is 0.0205. The molecule has 0 aliphatic rings. The van der Waals surface area contributed by atoms with Gasteiger partial charge in [0, 0.05) is 11.4 Å². The number of benzene rings is 2. The molecule has 1 nitrogen and oxygen atoms in total. The van der Waals surface area contributed by atoms with Crippen molar-refractivity contribution in [3.05, 3.63) is 59.2 Å². The summed E-state index contributed by atoms with van der Waals surface area (Å²) in [7, 11) is 0. The number of rotatable bonds is 4. The maximum atomic E-state index is 13.6. The highest BCUT2D eigenvalue weighted by molar-refractivity contribution is 7.98. The third-order valence-corrected chi connectivity index (χ3v) is 4.21. The van der Waals surface area contributed by atoms with Crippen LogP contribution in [-0.4, -0.2) is 0 Å². The van der Waals surface area contributed by atoms with E-state index in [1.54, 1.807) is 0 Å². The molecule has 4 heteroatoms. The molecule has 2 N–H and O–H groups in total. The first kappa shape index (κ1) is 14.9. The lowest BCUT2D eigenvalue weighted by Gasteiger charge is -2.08. The fourth-order valence-corrected chi connectivity index (χ4v) is 2.77. The van der Waals surface area contributed by atoms with E-state index in [0.717, 1.165) is 29.5 Å². The Bertz CT molecular complexity index is 571. The Kier molecular flexibility index (Phi) is 4.65. The van der Waals surface area contributed by atoms with Crippen molar-refractivity contribution in [2.45, 2.75) is 30.4 Å². The molecule has 2 rings (SSSR count). The monoisotopic (exact) mass is 293 g/mol. The van der Waals surface area contributed by atoms with E-state index >= 15 is 0 Å². The molecule has 106 valence electrons. The molecule has 0 atom stereocenters. The molecule has 0 aliphatic carbocycles. The van der Waals surface area contributed by atoms with Crippen molar-refractivity contribution in [1.82, 2.24) is 0 Å². The fraction of sp³-hybridized carbons (Fsp3) is 0.250. The number of nitrogen functional groups attached to an aromatic ring is 1. The molecule has 0 aliphatic heterocycles. The summed E-state index contributed by atoms with van der Waals surface area (Å²) < 4.78 is 27.3. The van der Waals surface area contributed by atoms with Crippen molar-refractivity contribution in [3.8, 4) is 0 Å². The van der Waals surface area contributed by atoms with Crippen molar-refractivity contribution < 1.29 is 8.78 Å². The zero-order chi connectivity index (χ0) is 14.7. The number of thioether (sulfide) groups is 1. The van der Waals surface area contributed by atoms with Crippen molar-refractivity contribution in [3.63, 3.8) is 0 Å². The smallest absolute Gasteiger partial charge is 0.141 e. The number of hydrogen-bond donors (Lipinski definition) is 1. The van der Waals surface area contributed by atoms with Crippen LogP contribution in [0.2, 0.25) is 0 Å². The molecule has 20 heavy (non-hydrogen) atoms. The van der Waals surface area contributed by atoms with Gasteiger partial charge >= 0.3 is 0 Å². The Morgan fingerprint density at radius 2 is 1.60 bits per heavy atom. The normalized spacial score (nSPS) is 11.1. The second-order valence-electron chi connectivity index (χ2n) is 5.00. The van der Waals surface area contributed by atoms with E-state index in [1.807, 2.05) is 12.1 Å². The van der Waals surface area contributed by atoms with Crippen LogP contribution in [0.5, 0.6) is 0 Å². The standard InChI is InChI=1S/C16H17F2NS/c1-10(2)12-5-3-11(4-6-12)9-20-16-14(17)7-13(19)8-15(16)18/h3-8,10H,9,19H2,1-2H3. The SMILES string of the molecule is CC(C)c1ccc(CSc2c(F)cc(N)cc2F)cc1. The fourth-order valence-electron chi connectivity index (χ4n) is 1.87. The molecule has 0 saturated heterocycles. The van der Waals surface area contributed by atoms with Crippen molar-refractivity contribution in [2.24, 2.45) is 0 Å². The largest absolute Gasteiger partial charge is 0.399 e. The average molecular weight is 293 g/mol. The third kappa shape index (κ3) is 3.51. The molecular formula is C16H17F2NS. The van der Waals surface area contributed by atoms with E-state index in [2.05, 4.69) is 26.0 Å². The summed E-state index contributed by atoms with van der Waals surface area (Å²) in [6.07, 6.45) is 0. The lowest BCUT2D eigenvalue weighted by molar-refractivity contribution is 0.542. The first-order valence-corrected chi connectivity index (χ1v) is 7.42. The van der Waals surface area contributed by atoms with Crippen LogP contribution in [0.25, 0.3) is 0 Å². The number of nitrogens with two attached hydrogens (primary N) is 1. The second-order valence-corrected chi connectivity index (χ2v) is 5.98. The van der Waals surface area contributed by atoms with Gasteiger partial charge in [-0.3, -0.25) is 0 Å². The summed E-state index contributed by atoms with van der Waals surface area (Å²) in [5.74, 6) is -0.211. The topological polar surface area (TPSA) is 26.0 Å². The van der Waals surface area contributed by atoms with Crippen LogP contribution < -0.4 is 5.73 Å². The highest BCUT2D eigenvalue weighted by Gasteiger charge is 2.11. The summed E-state index contributed by atoms with van der Waals surface area (Å²) >= 11 is 1.14. The molecule has 0 unspecified atom stereocenters. The van der Waals surface area contributed by atoms with Gasteiger partial charge in [-0.15, -0.1) is 11.8 Å². The summed E-state index contributed by atoms with van der Waals surface area (Å²) in [6.45, 7) is 4.26. The molecule has 0 aromatic heterocycles. The zero-order valence-corrected chi connectivity index (χ0v) is 12.3.